The van der Waals surface area contributed by atoms with Crippen molar-refractivity contribution in [3.63, 3.8) is 0 Å². The fourth-order valence-corrected chi connectivity index (χ4v) is 0.394. The monoisotopic (exact) mass is 172 g/mol. The average molecular weight is 173 g/mol. The van der Waals surface area contributed by atoms with Crippen LogP contribution in [-0.4, -0.2) is 23.2 Å². The summed E-state index contributed by atoms with van der Waals surface area (Å²) in [5.41, 5.74) is 0. The molecule has 0 unspecified atom stereocenters. The van der Waals surface area contributed by atoms with Gasteiger partial charge in [0.15, 0.2) is 0 Å². The molecule has 4 heteroatoms. The molecule has 0 spiro atoms. The first-order valence-electron chi connectivity index (χ1n) is 2.23. The Morgan fingerprint density at radius 2 is 1.88 bits per heavy atom. The maximum atomic E-state index is 4.70. The summed E-state index contributed by atoms with van der Waals surface area (Å²) in [6.45, 7) is 3.02. The van der Waals surface area contributed by atoms with E-state index in [1.807, 2.05) is 0 Å². The zero-order valence-electron chi connectivity index (χ0n) is 4.92. The van der Waals surface area contributed by atoms with Crippen LogP contribution in [0.5, 0.6) is 0 Å². The molecular weight excluding hydrogens is 162 g/mol. The van der Waals surface area contributed by atoms with E-state index in [2.05, 4.69) is 23.5 Å². The number of halogens is 2. The van der Waals surface area contributed by atoms with Crippen molar-refractivity contribution in [2.24, 2.45) is 0 Å². The smallest absolute Gasteiger partial charge is 0.369 e. The van der Waals surface area contributed by atoms with E-state index in [0.717, 1.165) is 6.61 Å². The highest BCUT2D eigenvalue weighted by Gasteiger charge is 1.73. The van der Waals surface area contributed by atoms with Crippen LogP contribution in [0.3, 0.4) is 0 Å². The van der Waals surface area contributed by atoms with Crippen LogP contribution in [0.1, 0.15) is 19.8 Å². The summed E-state index contributed by atoms with van der Waals surface area (Å²) in [7, 11) is 0. The molecule has 0 amide bonds. The molecule has 0 aliphatic heterocycles. The van der Waals surface area contributed by atoms with Crippen molar-refractivity contribution >= 4 is 41.4 Å². The Labute approximate surface area is 71.8 Å². The van der Waals surface area contributed by atoms with Crippen LogP contribution in [-0.2, 0) is 3.79 Å². The van der Waals surface area contributed by atoms with Crippen molar-refractivity contribution < 1.29 is 3.79 Å². The van der Waals surface area contributed by atoms with Gasteiger partial charge in [0.05, 0.1) is 0 Å². The van der Waals surface area contributed by atoms with Crippen LogP contribution < -0.4 is 0 Å². The van der Waals surface area contributed by atoms with Crippen LogP contribution in [0, 0.1) is 0 Å². The highest BCUT2D eigenvalue weighted by molar-refractivity contribution is 5.97. The molecule has 0 bridgehead atoms. The van der Waals surface area contributed by atoms with E-state index in [1.165, 1.54) is 12.8 Å². The predicted octanol–water partition coefficient (Wildman–Crippen LogP) is 1.73. The minimum atomic E-state index is 0. The molecule has 0 rings (SSSR count). The van der Waals surface area contributed by atoms with E-state index >= 15 is 0 Å². The molecule has 0 aliphatic rings. The Balaban J connectivity index is -0.000000125. The Morgan fingerprint density at radius 3 is 2.00 bits per heavy atom. The minimum absolute atomic E-state index is 0. The second-order valence-corrected chi connectivity index (χ2v) is 1.56. The first-order chi connectivity index (χ1) is 2.91. The van der Waals surface area contributed by atoms with E-state index in [1.54, 1.807) is 0 Å². The van der Waals surface area contributed by atoms with Gasteiger partial charge in [0.2, 0.25) is 0 Å². The molecule has 2 radical (unpaired) electrons. The lowest BCUT2D eigenvalue weighted by Gasteiger charge is -1.91. The maximum absolute atomic E-state index is 4.70. The van der Waals surface area contributed by atoms with Crippen molar-refractivity contribution in [3.05, 3.63) is 0 Å². The number of unbranched alkanes of at least 4 members (excludes halogenated alkanes) is 1. The maximum Gasteiger partial charge on any atom is 0.369 e. The largest absolute Gasteiger partial charge is 0.516 e. The number of hydrogen-bond donors (Lipinski definition) is 0. The first-order valence-corrected chi connectivity index (χ1v) is 2.70. The molecule has 0 saturated heterocycles. The van der Waals surface area contributed by atoms with Gasteiger partial charge in [-0.05, 0) is 6.42 Å². The zero-order chi connectivity index (χ0) is 4.83. The zero-order valence-corrected chi connectivity index (χ0v) is 7.71. The third-order valence-corrected chi connectivity index (χ3v) is 0.851. The molecule has 0 fully saturated rings. The SMILES string of the molecule is CCCC[O][Al].Cl.Cl. The lowest BCUT2D eigenvalue weighted by molar-refractivity contribution is 0.339. The van der Waals surface area contributed by atoms with Gasteiger partial charge in [-0.25, -0.2) is 0 Å². The number of hydrogen-bond acceptors (Lipinski definition) is 1. The van der Waals surface area contributed by atoms with E-state index in [9.17, 15) is 0 Å². The molecule has 0 N–H and O–H groups in total. The Hall–Kier alpha value is 1.07. The summed E-state index contributed by atoms with van der Waals surface area (Å²) in [5.74, 6) is 0. The summed E-state index contributed by atoms with van der Waals surface area (Å²) in [5, 5.41) is 0. The van der Waals surface area contributed by atoms with Crippen LogP contribution >= 0.6 is 24.8 Å². The fraction of sp³-hybridized carbons (Fsp3) is 1.00. The van der Waals surface area contributed by atoms with Gasteiger partial charge in [0.1, 0.15) is 0 Å². The standard InChI is InChI=1S/C4H9O.Al.2ClH/c1-2-3-4-5;;;/h2-4H2,1H3;;2*1H/q-1;+1;;. The lowest BCUT2D eigenvalue weighted by Crippen LogP contribution is -1.85. The van der Waals surface area contributed by atoms with Crippen LogP contribution in [0.4, 0.5) is 0 Å². The molecule has 0 atom stereocenters. The Morgan fingerprint density at radius 1 is 1.38 bits per heavy atom. The quantitative estimate of drug-likeness (QED) is 0.466. The van der Waals surface area contributed by atoms with Gasteiger partial charge in [-0.15, -0.1) is 24.8 Å². The topological polar surface area (TPSA) is 9.23 Å². The summed E-state index contributed by atoms with van der Waals surface area (Å²) in [6, 6.07) is 0. The molecule has 0 aliphatic carbocycles. The fourth-order valence-electron chi connectivity index (χ4n) is 0.228. The Kier molecular flexibility index (Phi) is 31.5. The van der Waals surface area contributed by atoms with E-state index in [4.69, 9.17) is 3.79 Å². The first kappa shape index (κ1) is 16.0. The molecule has 0 saturated carbocycles. The third-order valence-electron chi connectivity index (χ3n) is 0.616. The van der Waals surface area contributed by atoms with Crippen molar-refractivity contribution in [2.75, 3.05) is 6.61 Å². The molecule has 0 aromatic rings. The second kappa shape index (κ2) is 15.7. The molecular formula is C4H11AlCl2O. The molecule has 0 heterocycles. The van der Waals surface area contributed by atoms with Crippen molar-refractivity contribution in [1.82, 2.24) is 0 Å². The summed E-state index contributed by atoms with van der Waals surface area (Å²) in [6.07, 6.45) is 2.39. The summed E-state index contributed by atoms with van der Waals surface area (Å²) in [4.78, 5) is 0. The second-order valence-electron chi connectivity index (χ2n) is 1.22. The van der Waals surface area contributed by atoms with Crippen LogP contribution in [0.15, 0.2) is 0 Å². The minimum Gasteiger partial charge on any atom is -0.516 e. The highest BCUT2D eigenvalue weighted by atomic mass is 35.5. The van der Waals surface area contributed by atoms with E-state index < -0.39 is 0 Å². The molecule has 0 aromatic carbocycles. The Bertz CT molecular complexity index is 26.0. The van der Waals surface area contributed by atoms with Gasteiger partial charge >= 0.3 is 16.6 Å². The van der Waals surface area contributed by atoms with Crippen LogP contribution in [0.25, 0.3) is 0 Å². The van der Waals surface area contributed by atoms with Gasteiger partial charge in [-0.1, -0.05) is 13.3 Å². The van der Waals surface area contributed by atoms with Crippen molar-refractivity contribution in [3.8, 4) is 0 Å². The number of rotatable bonds is 3. The molecule has 1 nitrogen and oxygen atoms in total. The molecule has 0 aromatic heterocycles. The summed E-state index contributed by atoms with van der Waals surface area (Å²) >= 11 is 2.23. The van der Waals surface area contributed by atoms with Gasteiger partial charge in [-0.2, -0.15) is 0 Å². The highest BCUT2D eigenvalue weighted by Crippen LogP contribution is 1.82. The van der Waals surface area contributed by atoms with Gasteiger partial charge in [-0.3, -0.25) is 0 Å². The van der Waals surface area contributed by atoms with E-state index in [0.29, 0.717) is 0 Å². The third kappa shape index (κ3) is 15.7. The lowest BCUT2D eigenvalue weighted by atomic mass is 10.4. The van der Waals surface area contributed by atoms with Crippen molar-refractivity contribution in [1.29, 1.82) is 0 Å². The van der Waals surface area contributed by atoms with Gasteiger partial charge in [0.25, 0.3) is 0 Å². The van der Waals surface area contributed by atoms with Gasteiger partial charge in [0, 0.05) is 6.61 Å². The van der Waals surface area contributed by atoms with Crippen LogP contribution in [0.2, 0.25) is 0 Å². The normalized spacial score (nSPS) is 6.62. The summed E-state index contributed by atoms with van der Waals surface area (Å²) < 4.78 is 4.70. The molecule has 50 valence electrons. The van der Waals surface area contributed by atoms with Crippen molar-refractivity contribution in [2.45, 2.75) is 19.8 Å². The van der Waals surface area contributed by atoms with E-state index in [-0.39, 0.29) is 24.8 Å². The molecule has 8 heavy (non-hydrogen) atoms. The predicted molar refractivity (Wildman–Crippen MR) is 41.1 cm³/mol. The van der Waals surface area contributed by atoms with Gasteiger partial charge < -0.3 is 3.79 Å². The average Bonchev–Trinajstić information content (AvgIpc) is 1.61.